The van der Waals surface area contributed by atoms with E-state index in [1.807, 2.05) is 0 Å². The molecule has 2 rings (SSSR count). The average Bonchev–Trinajstić information content (AvgIpc) is 2.45. The molecule has 0 spiro atoms. The van der Waals surface area contributed by atoms with Crippen LogP contribution in [0.15, 0.2) is 48.5 Å². The van der Waals surface area contributed by atoms with Gasteiger partial charge in [0.2, 0.25) is 0 Å². The van der Waals surface area contributed by atoms with Crippen LogP contribution in [0.3, 0.4) is 0 Å². The van der Waals surface area contributed by atoms with Crippen LogP contribution in [0.1, 0.15) is 22.0 Å². The predicted octanol–water partition coefficient (Wildman–Crippen LogP) is 2.51. The summed E-state index contributed by atoms with van der Waals surface area (Å²) in [5.41, 5.74) is 0.890. The van der Waals surface area contributed by atoms with Crippen molar-refractivity contribution in [2.45, 2.75) is 6.10 Å². The van der Waals surface area contributed by atoms with Crippen molar-refractivity contribution in [3.8, 4) is 5.75 Å². The van der Waals surface area contributed by atoms with Gasteiger partial charge in [-0.3, -0.25) is 4.79 Å². The number of aromatic hydroxyl groups is 1. The molecule has 3 N–H and O–H groups in total. The van der Waals surface area contributed by atoms with Crippen molar-refractivity contribution < 1.29 is 15.0 Å². The molecule has 0 heterocycles. The molecule has 0 saturated carbocycles. The zero-order valence-electron chi connectivity index (χ0n) is 10.6. The van der Waals surface area contributed by atoms with Gasteiger partial charge in [0.25, 0.3) is 5.91 Å². The second-order valence-electron chi connectivity index (χ2n) is 4.30. The number of aliphatic hydroxyl groups is 1. The van der Waals surface area contributed by atoms with Crippen LogP contribution in [0, 0.1) is 0 Å². The summed E-state index contributed by atoms with van der Waals surface area (Å²) in [4.78, 5) is 11.9. The largest absolute Gasteiger partial charge is 0.508 e. The molecule has 1 unspecified atom stereocenters. The number of phenolic OH excluding ortho intramolecular Hbond substituents is 1. The van der Waals surface area contributed by atoms with Gasteiger partial charge >= 0.3 is 0 Å². The van der Waals surface area contributed by atoms with E-state index >= 15 is 0 Å². The Hall–Kier alpha value is -2.04. The SMILES string of the molecule is O=C(NCC(O)c1ccccc1Cl)c1cccc(O)c1. The number of phenols is 1. The number of carbonyl (C=O) groups excluding carboxylic acids is 1. The van der Waals surface area contributed by atoms with Crippen LogP contribution in [-0.4, -0.2) is 22.7 Å². The quantitative estimate of drug-likeness (QED) is 0.811. The van der Waals surface area contributed by atoms with E-state index in [1.165, 1.54) is 12.1 Å². The topological polar surface area (TPSA) is 69.6 Å². The minimum Gasteiger partial charge on any atom is -0.508 e. The van der Waals surface area contributed by atoms with Crippen molar-refractivity contribution in [2.75, 3.05) is 6.54 Å². The fraction of sp³-hybridized carbons (Fsp3) is 0.133. The lowest BCUT2D eigenvalue weighted by Crippen LogP contribution is -2.28. The lowest BCUT2D eigenvalue weighted by atomic mass is 10.1. The van der Waals surface area contributed by atoms with Gasteiger partial charge in [-0.25, -0.2) is 0 Å². The van der Waals surface area contributed by atoms with Crippen molar-refractivity contribution in [1.82, 2.24) is 5.32 Å². The van der Waals surface area contributed by atoms with Gasteiger partial charge in [-0.2, -0.15) is 0 Å². The number of amides is 1. The van der Waals surface area contributed by atoms with E-state index in [2.05, 4.69) is 5.32 Å². The molecule has 0 saturated heterocycles. The minimum atomic E-state index is -0.884. The van der Waals surface area contributed by atoms with Crippen LogP contribution in [0.5, 0.6) is 5.75 Å². The summed E-state index contributed by atoms with van der Waals surface area (Å²) in [6.45, 7) is 0.0399. The van der Waals surface area contributed by atoms with Crippen LogP contribution in [0.2, 0.25) is 5.02 Å². The third kappa shape index (κ3) is 3.50. The van der Waals surface area contributed by atoms with Gasteiger partial charge in [0.1, 0.15) is 5.75 Å². The maximum atomic E-state index is 11.9. The molecule has 0 radical (unpaired) electrons. The number of halogens is 1. The van der Waals surface area contributed by atoms with E-state index in [0.717, 1.165) is 0 Å². The molecule has 2 aromatic carbocycles. The third-order valence-corrected chi connectivity index (χ3v) is 3.17. The highest BCUT2D eigenvalue weighted by molar-refractivity contribution is 6.31. The Kier molecular flexibility index (Phi) is 4.61. The third-order valence-electron chi connectivity index (χ3n) is 2.83. The molecule has 0 fully saturated rings. The highest BCUT2D eigenvalue weighted by Crippen LogP contribution is 2.22. The lowest BCUT2D eigenvalue weighted by molar-refractivity contribution is 0.0916. The molecule has 2 aromatic rings. The van der Waals surface area contributed by atoms with Gasteiger partial charge in [0.15, 0.2) is 0 Å². The molecule has 0 aliphatic carbocycles. The Bertz CT molecular complexity index is 616. The Balaban J connectivity index is 1.99. The van der Waals surface area contributed by atoms with Crippen molar-refractivity contribution in [3.05, 3.63) is 64.7 Å². The van der Waals surface area contributed by atoms with Gasteiger partial charge < -0.3 is 15.5 Å². The Morgan fingerprint density at radius 1 is 1.20 bits per heavy atom. The molecule has 5 heteroatoms. The van der Waals surface area contributed by atoms with Crippen LogP contribution >= 0.6 is 11.6 Å². The summed E-state index contributed by atoms with van der Waals surface area (Å²) in [5.74, 6) is -0.351. The molecule has 0 bridgehead atoms. The van der Waals surface area contributed by atoms with Crippen molar-refractivity contribution >= 4 is 17.5 Å². The summed E-state index contributed by atoms with van der Waals surface area (Å²) in [6.07, 6.45) is -0.884. The molecule has 4 nitrogen and oxygen atoms in total. The minimum absolute atomic E-state index is 0.0179. The maximum Gasteiger partial charge on any atom is 0.251 e. The molecular weight excluding hydrogens is 278 g/mol. The summed E-state index contributed by atoms with van der Waals surface area (Å²) in [7, 11) is 0. The molecule has 104 valence electrons. The fourth-order valence-electron chi connectivity index (χ4n) is 1.79. The van der Waals surface area contributed by atoms with Gasteiger partial charge in [-0.1, -0.05) is 35.9 Å². The number of aliphatic hydroxyl groups excluding tert-OH is 1. The molecule has 0 aliphatic heterocycles. The molecule has 0 aromatic heterocycles. The van der Waals surface area contributed by atoms with Crippen LogP contribution in [0.4, 0.5) is 0 Å². The highest BCUT2D eigenvalue weighted by Gasteiger charge is 2.13. The number of carbonyl (C=O) groups is 1. The molecule has 0 aliphatic rings. The number of hydrogen-bond acceptors (Lipinski definition) is 3. The van der Waals surface area contributed by atoms with Gasteiger partial charge in [0, 0.05) is 22.7 Å². The normalized spacial score (nSPS) is 11.9. The zero-order valence-corrected chi connectivity index (χ0v) is 11.3. The van der Waals surface area contributed by atoms with E-state index in [1.54, 1.807) is 36.4 Å². The standard InChI is InChI=1S/C15H14ClNO3/c16-13-7-2-1-6-12(13)14(19)9-17-15(20)10-4-3-5-11(18)8-10/h1-8,14,18-19H,9H2,(H,17,20). The second-order valence-corrected chi connectivity index (χ2v) is 4.70. The number of hydrogen-bond donors (Lipinski definition) is 3. The Morgan fingerprint density at radius 3 is 2.65 bits per heavy atom. The monoisotopic (exact) mass is 291 g/mol. The van der Waals surface area contributed by atoms with Gasteiger partial charge in [-0.05, 0) is 24.3 Å². The number of rotatable bonds is 4. The van der Waals surface area contributed by atoms with E-state index in [4.69, 9.17) is 11.6 Å². The Labute approximate surface area is 121 Å². The predicted molar refractivity (Wildman–Crippen MR) is 76.9 cm³/mol. The van der Waals surface area contributed by atoms with Crippen molar-refractivity contribution in [1.29, 1.82) is 0 Å². The first-order chi connectivity index (χ1) is 9.58. The first-order valence-corrected chi connectivity index (χ1v) is 6.45. The first-order valence-electron chi connectivity index (χ1n) is 6.07. The molecule has 1 atom stereocenters. The smallest absolute Gasteiger partial charge is 0.251 e. The summed E-state index contributed by atoms with van der Waals surface area (Å²) in [5, 5.41) is 22.4. The number of benzene rings is 2. The molecule has 20 heavy (non-hydrogen) atoms. The van der Waals surface area contributed by atoms with Gasteiger partial charge in [-0.15, -0.1) is 0 Å². The lowest BCUT2D eigenvalue weighted by Gasteiger charge is -2.13. The molecular formula is C15H14ClNO3. The summed E-state index contributed by atoms with van der Waals surface area (Å²) >= 11 is 5.97. The van der Waals surface area contributed by atoms with Crippen LogP contribution < -0.4 is 5.32 Å². The number of nitrogens with one attached hydrogen (secondary N) is 1. The van der Waals surface area contributed by atoms with Gasteiger partial charge in [0.05, 0.1) is 6.10 Å². The van der Waals surface area contributed by atoms with E-state index in [9.17, 15) is 15.0 Å². The van der Waals surface area contributed by atoms with Crippen molar-refractivity contribution in [3.63, 3.8) is 0 Å². The van der Waals surface area contributed by atoms with Crippen LogP contribution in [-0.2, 0) is 0 Å². The van der Waals surface area contributed by atoms with Crippen LogP contribution in [0.25, 0.3) is 0 Å². The van der Waals surface area contributed by atoms with E-state index in [0.29, 0.717) is 16.1 Å². The fourth-order valence-corrected chi connectivity index (χ4v) is 2.06. The van der Waals surface area contributed by atoms with E-state index < -0.39 is 6.10 Å². The highest BCUT2D eigenvalue weighted by atomic mass is 35.5. The summed E-state index contributed by atoms with van der Waals surface area (Å²) in [6, 6.07) is 12.9. The Morgan fingerprint density at radius 2 is 1.95 bits per heavy atom. The second kappa shape index (κ2) is 6.41. The first kappa shape index (κ1) is 14.4. The molecule has 1 amide bonds. The zero-order chi connectivity index (χ0) is 14.5. The average molecular weight is 292 g/mol. The summed E-state index contributed by atoms with van der Waals surface area (Å²) < 4.78 is 0. The van der Waals surface area contributed by atoms with Crippen molar-refractivity contribution in [2.24, 2.45) is 0 Å². The van der Waals surface area contributed by atoms with E-state index in [-0.39, 0.29) is 18.2 Å². The maximum absolute atomic E-state index is 11.9.